The minimum Gasteiger partial charge on any atom is -0.448 e. The molecular weight excluding hydrogens is 288 g/mol. The molecule has 1 aromatic heterocycles. The Hall–Kier alpha value is -2.09. The van der Waals surface area contributed by atoms with Crippen molar-refractivity contribution in [3.05, 3.63) is 18.0 Å². The van der Waals surface area contributed by atoms with E-state index < -0.39 is 6.09 Å². The van der Waals surface area contributed by atoms with Crippen molar-refractivity contribution in [2.24, 2.45) is 13.0 Å². The molecule has 1 aromatic rings. The summed E-state index contributed by atoms with van der Waals surface area (Å²) in [6, 6.07) is -0.191. The van der Waals surface area contributed by atoms with Crippen molar-refractivity contribution < 1.29 is 19.4 Å². The van der Waals surface area contributed by atoms with Crippen molar-refractivity contribution in [3.8, 4) is 0 Å². The van der Waals surface area contributed by atoms with Crippen LogP contribution in [-0.4, -0.2) is 57.6 Å². The van der Waals surface area contributed by atoms with Gasteiger partial charge >= 0.3 is 6.09 Å². The minimum atomic E-state index is -0.452. The number of amides is 2. The van der Waals surface area contributed by atoms with E-state index in [1.54, 1.807) is 10.9 Å². The molecule has 0 aromatic carbocycles. The number of hydrogen-bond donors (Lipinski definition) is 2. The first kappa shape index (κ1) is 14.8. The van der Waals surface area contributed by atoms with E-state index in [1.165, 1.54) is 4.90 Å². The molecule has 8 heteroatoms. The Morgan fingerprint density at radius 2 is 2.36 bits per heavy atom. The Morgan fingerprint density at radius 1 is 1.59 bits per heavy atom. The number of carbonyl (C=O) groups excluding carboxylic acids is 2. The van der Waals surface area contributed by atoms with Crippen LogP contribution in [0.2, 0.25) is 0 Å². The summed E-state index contributed by atoms with van der Waals surface area (Å²) in [6.45, 7) is 0.754. The number of aromatic nitrogens is 2. The van der Waals surface area contributed by atoms with Crippen LogP contribution in [0.15, 0.2) is 12.4 Å². The van der Waals surface area contributed by atoms with Gasteiger partial charge in [0, 0.05) is 18.8 Å². The largest absolute Gasteiger partial charge is 0.448 e. The summed E-state index contributed by atoms with van der Waals surface area (Å²) in [5.74, 6) is -0.0391. The van der Waals surface area contributed by atoms with Gasteiger partial charge in [-0.3, -0.25) is 14.4 Å². The molecule has 8 nitrogen and oxygen atoms in total. The monoisotopic (exact) mass is 308 g/mol. The normalized spacial score (nSPS) is 25.5. The van der Waals surface area contributed by atoms with Gasteiger partial charge in [0.1, 0.15) is 13.2 Å². The van der Waals surface area contributed by atoms with E-state index in [0.717, 1.165) is 5.56 Å². The van der Waals surface area contributed by atoms with E-state index in [4.69, 9.17) is 4.74 Å². The third kappa shape index (κ3) is 3.06. The summed E-state index contributed by atoms with van der Waals surface area (Å²) in [5.41, 5.74) is 0.914. The molecule has 22 heavy (non-hydrogen) atoms. The first-order chi connectivity index (χ1) is 10.5. The van der Waals surface area contributed by atoms with Gasteiger partial charge in [-0.05, 0) is 18.8 Å². The highest BCUT2D eigenvalue weighted by Crippen LogP contribution is 2.37. The van der Waals surface area contributed by atoms with E-state index >= 15 is 0 Å². The number of cyclic esters (lactones) is 1. The Kier molecular flexibility index (Phi) is 4.02. The molecule has 0 radical (unpaired) electrons. The quantitative estimate of drug-likeness (QED) is 0.785. The van der Waals surface area contributed by atoms with Gasteiger partial charge in [-0.15, -0.1) is 0 Å². The second kappa shape index (κ2) is 5.96. The average molecular weight is 308 g/mol. The maximum Gasteiger partial charge on any atom is 0.410 e. The third-order valence-electron chi connectivity index (χ3n) is 4.20. The molecule has 1 saturated heterocycles. The first-order valence-corrected chi connectivity index (χ1v) is 7.40. The van der Waals surface area contributed by atoms with Crippen molar-refractivity contribution in [3.63, 3.8) is 0 Å². The number of aryl methyl sites for hydroxylation is 1. The molecule has 2 fully saturated rings. The number of aliphatic hydroxyl groups is 1. The zero-order chi connectivity index (χ0) is 15.7. The Balaban J connectivity index is 1.64. The molecule has 120 valence electrons. The summed E-state index contributed by atoms with van der Waals surface area (Å²) in [5, 5.41) is 16.6. The number of hydrogen-bond acceptors (Lipinski definition) is 5. The second-order valence-corrected chi connectivity index (χ2v) is 5.91. The van der Waals surface area contributed by atoms with Crippen LogP contribution in [0.3, 0.4) is 0 Å². The zero-order valence-electron chi connectivity index (χ0n) is 12.4. The van der Waals surface area contributed by atoms with Crippen LogP contribution in [0, 0.1) is 5.92 Å². The van der Waals surface area contributed by atoms with Crippen molar-refractivity contribution in [2.75, 3.05) is 19.7 Å². The van der Waals surface area contributed by atoms with Gasteiger partial charge in [-0.1, -0.05) is 0 Å². The van der Waals surface area contributed by atoms with E-state index in [2.05, 4.69) is 10.4 Å². The molecular formula is C14H20N4O4. The minimum absolute atomic E-state index is 0.00906. The molecule has 1 atom stereocenters. The predicted octanol–water partition coefficient (Wildman–Crippen LogP) is -0.200. The maximum absolute atomic E-state index is 12.2. The molecule has 1 saturated carbocycles. The highest BCUT2D eigenvalue weighted by atomic mass is 16.6. The molecule has 3 rings (SSSR count). The molecule has 0 bridgehead atoms. The van der Waals surface area contributed by atoms with Crippen LogP contribution >= 0.6 is 0 Å². The lowest BCUT2D eigenvalue weighted by atomic mass is 9.75. The molecule has 2 aliphatic rings. The van der Waals surface area contributed by atoms with Gasteiger partial charge in [0.25, 0.3) is 0 Å². The topological polar surface area (TPSA) is 96.7 Å². The van der Waals surface area contributed by atoms with Crippen LogP contribution in [0.25, 0.3) is 0 Å². The summed E-state index contributed by atoms with van der Waals surface area (Å²) >= 11 is 0. The number of carbonyl (C=O) groups is 2. The zero-order valence-corrected chi connectivity index (χ0v) is 12.4. The van der Waals surface area contributed by atoms with Crippen LogP contribution < -0.4 is 5.32 Å². The highest BCUT2D eigenvalue weighted by molar-refractivity contribution is 5.83. The smallest absolute Gasteiger partial charge is 0.410 e. The number of rotatable bonds is 5. The lowest BCUT2D eigenvalue weighted by molar-refractivity contribution is -0.123. The van der Waals surface area contributed by atoms with Gasteiger partial charge in [-0.2, -0.15) is 5.10 Å². The molecule has 2 N–H and O–H groups in total. The Morgan fingerprint density at radius 3 is 2.91 bits per heavy atom. The summed E-state index contributed by atoms with van der Waals surface area (Å²) < 4.78 is 6.50. The molecule has 1 aliphatic heterocycles. The second-order valence-electron chi connectivity index (χ2n) is 5.91. The van der Waals surface area contributed by atoms with Crippen molar-refractivity contribution in [2.45, 2.75) is 25.0 Å². The average Bonchev–Trinajstić information content (AvgIpc) is 3.02. The molecule has 1 aliphatic carbocycles. The summed E-state index contributed by atoms with van der Waals surface area (Å²) in [7, 11) is 1.82. The van der Waals surface area contributed by atoms with Gasteiger partial charge in [0.15, 0.2) is 0 Å². The standard InChI is InChI=1S/C14H20N4O4/c1-17-7-10(6-15-17)13(9-4-11(19)5-9)16-12(20)8-18-2-3-22-14(18)21/h6-7,9,11,13,19H,2-5,8H2,1H3,(H,16,20)/t9?,11?,13-/m1/s1. The number of nitrogens with zero attached hydrogens (tertiary/aromatic N) is 3. The number of aliphatic hydroxyl groups excluding tert-OH is 1. The van der Waals surface area contributed by atoms with Gasteiger partial charge in [-0.25, -0.2) is 4.79 Å². The molecule has 0 spiro atoms. The Labute approximate surface area is 128 Å². The Bertz CT molecular complexity index is 567. The fraction of sp³-hybridized carbons (Fsp3) is 0.643. The summed E-state index contributed by atoms with van der Waals surface area (Å²) in [6.07, 6.45) is 4.15. The lowest BCUT2D eigenvalue weighted by Crippen LogP contribution is -2.44. The SMILES string of the molecule is Cn1cc([C@H](NC(=O)CN2CCOC2=O)C2CC(O)C2)cn1. The van der Waals surface area contributed by atoms with Crippen LogP contribution in [0.4, 0.5) is 4.79 Å². The van der Waals surface area contributed by atoms with Gasteiger partial charge in [0.2, 0.25) is 5.91 Å². The first-order valence-electron chi connectivity index (χ1n) is 7.40. The van der Waals surface area contributed by atoms with Crippen LogP contribution in [0.5, 0.6) is 0 Å². The van der Waals surface area contributed by atoms with Crippen LogP contribution in [-0.2, 0) is 16.6 Å². The van der Waals surface area contributed by atoms with Gasteiger partial charge in [0.05, 0.1) is 24.9 Å². The number of ether oxygens (including phenoxy) is 1. The van der Waals surface area contributed by atoms with E-state index in [1.807, 2.05) is 13.2 Å². The molecule has 2 heterocycles. The van der Waals surface area contributed by atoms with E-state index in [0.29, 0.717) is 26.0 Å². The molecule has 0 unspecified atom stereocenters. The fourth-order valence-electron chi connectivity index (χ4n) is 2.94. The maximum atomic E-state index is 12.2. The van der Waals surface area contributed by atoms with E-state index in [-0.39, 0.29) is 30.5 Å². The fourth-order valence-corrected chi connectivity index (χ4v) is 2.94. The third-order valence-corrected chi connectivity index (χ3v) is 4.20. The highest BCUT2D eigenvalue weighted by Gasteiger charge is 2.36. The predicted molar refractivity (Wildman–Crippen MR) is 75.7 cm³/mol. The van der Waals surface area contributed by atoms with Crippen molar-refractivity contribution in [1.82, 2.24) is 20.0 Å². The van der Waals surface area contributed by atoms with Crippen LogP contribution in [0.1, 0.15) is 24.4 Å². The van der Waals surface area contributed by atoms with E-state index in [9.17, 15) is 14.7 Å². The number of nitrogens with one attached hydrogen (secondary N) is 1. The lowest BCUT2D eigenvalue weighted by Gasteiger charge is -2.37. The van der Waals surface area contributed by atoms with Gasteiger partial charge < -0.3 is 15.2 Å². The van der Waals surface area contributed by atoms with Crippen molar-refractivity contribution >= 4 is 12.0 Å². The molecule has 2 amide bonds. The van der Waals surface area contributed by atoms with Crippen molar-refractivity contribution in [1.29, 1.82) is 0 Å². The summed E-state index contributed by atoms with van der Waals surface area (Å²) in [4.78, 5) is 25.0.